The van der Waals surface area contributed by atoms with Crippen molar-refractivity contribution in [3.63, 3.8) is 0 Å². The number of nitrogen functional groups attached to an aromatic ring is 1. The van der Waals surface area contributed by atoms with Crippen molar-refractivity contribution in [1.29, 1.82) is 0 Å². The van der Waals surface area contributed by atoms with Crippen molar-refractivity contribution in [2.24, 2.45) is 22.4 Å². The first-order valence-electron chi connectivity index (χ1n) is 37.7. The van der Waals surface area contributed by atoms with Gasteiger partial charge >= 0.3 is 23.9 Å². The Morgan fingerprint density at radius 3 is 1.87 bits per heavy atom. The third-order valence-corrected chi connectivity index (χ3v) is 27.1. The van der Waals surface area contributed by atoms with E-state index in [-0.39, 0.29) is 101 Å². The number of carbonyl (C=O) groups is 12. The Hall–Kier alpha value is -12.4. The second-order valence-corrected chi connectivity index (χ2v) is 37.3. The van der Waals surface area contributed by atoms with E-state index >= 15 is 0 Å². The van der Waals surface area contributed by atoms with Gasteiger partial charge in [0.2, 0.25) is 35.5 Å². The van der Waals surface area contributed by atoms with Gasteiger partial charge in [-0.2, -0.15) is 4.98 Å². The number of rotatable bonds is 37. The first-order chi connectivity index (χ1) is 56.4. The number of allylic oxidation sites excluding steroid dienone is 1. The third-order valence-electron chi connectivity index (χ3n) is 19.8. The number of hydrogen-bond acceptors (Lipinski definition) is 22. The lowest BCUT2D eigenvalue weighted by molar-refractivity contribution is -0.143. The number of H-pyrrole nitrogens is 3. The zero-order valence-corrected chi connectivity index (χ0v) is 69.3. The molecule has 4 aromatic carbocycles. The van der Waals surface area contributed by atoms with Crippen LogP contribution >= 0.6 is 33.2 Å². The number of halogens is 1. The summed E-state index contributed by atoms with van der Waals surface area (Å²) < 4.78 is 6.98. The Kier molecular flexibility index (Phi) is 30.9. The predicted octanol–water partition coefficient (Wildman–Crippen LogP) is 6.60. The number of anilines is 4. The molecule has 0 spiro atoms. The van der Waals surface area contributed by atoms with Crippen LogP contribution in [0.3, 0.4) is 0 Å². The number of alkyl halides is 1. The van der Waals surface area contributed by atoms with Gasteiger partial charge in [0.15, 0.2) is 25.4 Å². The number of nitrogens with zero attached hydrogens (tertiary/aromatic N) is 5. The van der Waals surface area contributed by atoms with E-state index in [2.05, 4.69) is 142 Å². The van der Waals surface area contributed by atoms with E-state index in [0.29, 0.717) is 58.7 Å². The monoisotopic (exact) mass is 1710 g/mol. The van der Waals surface area contributed by atoms with Gasteiger partial charge in [-0.3, -0.25) is 62.7 Å². The molecule has 3 unspecified atom stereocenters. The Labute approximate surface area is 694 Å². The first-order valence-corrected chi connectivity index (χ1v) is 43.6. The number of carboxylic acids is 4. The van der Waals surface area contributed by atoms with E-state index < -0.39 is 123 Å². The van der Waals surface area contributed by atoms with Gasteiger partial charge in [-0.05, 0) is 127 Å². The molecular formula is C78H94ClN19O18S2Si. The van der Waals surface area contributed by atoms with Crippen molar-refractivity contribution in [2.45, 2.75) is 146 Å². The van der Waals surface area contributed by atoms with Crippen molar-refractivity contribution < 1.29 is 82.4 Å². The summed E-state index contributed by atoms with van der Waals surface area (Å²) in [6.45, 7) is 15.4. The summed E-state index contributed by atoms with van der Waals surface area (Å²) in [4.78, 5) is 192. The highest BCUT2D eigenvalue weighted by Crippen LogP contribution is 2.51. The Bertz CT molecular complexity index is 5280. The fourth-order valence-corrected chi connectivity index (χ4v) is 16.0. The number of aromatic nitrogens is 6. The largest absolute Gasteiger partial charge is 0.481 e. The van der Waals surface area contributed by atoms with Gasteiger partial charge in [0.05, 0.1) is 37.4 Å². The van der Waals surface area contributed by atoms with Crippen LogP contribution in [-0.4, -0.2) is 201 Å². The molecule has 0 radical (unpaired) electrons. The summed E-state index contributed by atoms with van der Waals surface area (Å²) in [5, 5.41) is 60.0. The number of aliphatic imine (C=N–C) groups is 1. The van der Waals surface area contributed by atoms with Gasteiger partial charge in [0.1, 0.15) is 41.6 Å². The van der Waals surface area contributed by atoms with E-state index in [1.807, 2.05) is 48.2 Å². The molecular weight excluding hydrogens is 1620 g/mol. The van der Waals surface area contributed by atoms with E-state index in [4.69, 9.17) is 33.2 Å². The fraction of sp³-hybridized carbons (Fsp3) is 0.372. The molecule has 21 N–H and O–H groups in total. The number of benzene rings is 4. The summed E-state index contributed by atoms with van der Waals surface area (Å²) in [6, 6.07) is 20.3. The topological polar surface area (TPSA) is 588 Å². The van der Waals surface area contributed by atoms with E-state index in [0.717, 1.165) is 43.9 Å². The minimum Gasteiger partial charge on any atom is -0.481 e. The molecule has 1 aliphatic carbocycles. The number of amides is 8. The van der Waals surface area contributed by atoms with Crippen molar-refractivity contribution in [2.75, 3.05) is 52.2 Å². The number of nitrogens with one attached hydrogen (secondary N) is 11. The number of nitrogens with two attached hydrogens (primary N) is 3. The van der Waals surface area contributed by atoms with Crippen LogP contribution in [0.5, 0.6) is 0 Å². The van der Waals surface area contributed by atoms with Gasteiger partial charge < -0.3 is 99.5 Å². The van der Waals surface area contributed by atoms with E-state index in [1.165, 1.54) is 46.8 Å². The zero-order chi connectivity index (χ0) is 86.7. The van der Waals surface area contributed by atoms with Crippen molar-refractivity contribution in [3.05, 3.63) is 159 Å². The average Bonchev–Trinajstić information content (AvgIpc) is 1.58. The molecule has 0 saturated carbocycles. The molecule has 1 fully saturated rings. The van der Waals surface area contributed by atoms with Crippen LogP contribution in [0.1, 0.15) is 140 Å². The average molecular weight is 1710 g/mol. The number of guanidine groups is 1. The maximum absolute atomic E-state index is 14.3. The Morgan fingerprint density at radius 1 is 0.681 bits per heavy atom. The number of hydrogen-bond donors (Lipinski definition) is 18. The highest BCUT2D eigenvalue weighted by molar-refractivity contribution is 8.76. The molecule has 37 nitrogen and oxygen atoms in total. The molecule has 8 atom stereocenters. The molecule has 2 aliphatic rings. The highest BCUT2D eigenvalue weighted by Gasteiger charge is 2.47. The molecule has 119 heavy (non-hydrogen) atoms. The van der Waals surface area contributed by atoms with Crippen LogP contribution in [0, 0.1) is 5.92 Å². The van der Waals surface area contributed by atoms with Crippen LogP contribution in [0.2, 0.25) is 18.1 Å². The van der Waals surface area contributed by atoms with Gasteiger partial charge in [-0.1, -0.05) is 80.5 Å². The number of carbonyl (C=O) groups excluding carboxylic acids is 8. The standard InChI is InChI=1S/C40H44ClN5O4Si.C38H50N14O14S2/c1-7-36(47)42-26-12-14-30-23(16-26)18-32(44-30)38(48)43-27-13-15-31-24(17-27)19-33(45-31)39(49)46-22-25(21-41)37-29-11-9-8-10-28(29)35(20-34(37)46)50-51(5,6)40(2,3)4;1-2-67-68-16-24(36(65)66)50-33(61)23(13-27(56)57)49-31(59)20(4-3-11-42-37(39)40)47-32(60)22(12-26(54)55)46-25(53)10-9-21(35(63)64)48-30(58)17-5-7-18(8-6-17)43-14-19-15-44-29-28(45-19)34(62)52-38(41)51-29/h8-20,25,35,37,44-45H,7,21-22H2,1-6H3,(H,42,47)(H,43,48);5-8,15,20-24,43H,2-4,9-14,16H2,1H3,(H,46,53)(H,47,60)(H,48,58)(H,49,59)(H,50,61)(H,54,55)(H,56,57)(H,63,64)(H,65,66)(H4,39,40,42)(H3,41,44,51,52,62)/t;20-,21-,22-,23-,24-/m.0/s1. The molecule has 1 aliphatic heterocycles. The van der Waals surface area contributed by atoms with Crippen LogP contribution < -0.4 is 65.3 Å². The van der Waals surface area contributed by atoms with Gasteiger partial charge in [0.25, 0.3) is 23.3 Å². The lowest BCUT2D eigenvalue weighted by Gasteiger charge is -2.41. The molecule has 1 saturated heterocycles. The Balaban J connectivity index is 0.000000281. The smallest absolute Gasteiger partial charge is 0.327 e. The van der Waals surface area contributed by atoms with Crippen LogP contribution in [0.4, 0.5) is 23.0 Å². The van der Waals surface area contributed by atoms with Crippen molar-refractivity contribution >= 4 is 175 Å². The van der Waals surface area contributed by atoms with E-state index in [1.54, 1.807) is 19.1 Å². The molecule has 0 bridgehead atoms. The number of aliphatic carboxylic acids is 4. The minimum atomic E-state index is -2.15. The number of carboxylic acid groups (broad SMARTS) is 4. The maximum atomic E-state index is 14.3. The van der Waals surface area contributed by atoms with Crippen LogP contribution in [0.25, 0.3) is 33.0 Å². The second-order valence-electron chi connectivity index (χ2n) is 29.4. The summed E-state index contributed by atoms with van der Waals surface area (Å²) in [5.74, 6) is -11.5. The number of aromatic amines is 3. The maximum Gasteiger partial charge on any atom is 0.327 e. The highest BCUT2D eigenvalue weighted by atomic mass is 35.5. The normalized spacial score (nSPS) is 15.5. The van der Waals surface area contributed by atoms with Gasteiger partial charge in [0, 0.05) is 105 Å². The van der Waals surface area contributed by atoms with Crippen molar-refractivity contribution in [3.8, 4) is 0 Å². The van der Waals surface area contributed by atoms with Crippen molar-refractivity contribution in [1.82, 2.24) is 61.4 Å². The second kappa shape index (κ2) is 40.6. The van der Waals surface area contributed by atoms with Gasteiger partial charge in [-0.15, -0.1) is 11.6 Å². The summed E-state index contributed by atoms with van der Waals surface area (Å²) in [5.41, 5.74) is 23.6. The van der Waals surface area contributed by atoms with Gasteiger partial charge in [-0.25, -0.2) is 19.6 Å². The molecule has 10 rings (SSSR count). The van der Waals surface area contributed by atoms with Crippen LogP contribution in [0.15, 0.2) is 125 Å². The molecule has 4 aromatic heterocycles. The summed E-state index contributed by atoms with van der Waals surface area (Å²) in [6.07, 6.45) is 0.120. The Morgan fingerprint density at radius 2 is 1.27 bits per heavy atom. The first kappa shape index (κ1) is 90.5. The molecule has 41 heteroatoms. The molecule has 5 heterocycles. The SMILES string of the molecule is CCC(=O)Nc1ccc2[nH]c(C(=O)Nc3ccc4[nH]c(C(=O)N5CC(CCl)C6C5=CC(O[Si](C)(C)C(C)(C)C)c5ccccc56)cc4c3)cc2c1.CCSSC[C@H](NC(=O)[C@H](CC(=O)O)NC(=O)[C@H](CCCN=C(N)N)NC(=O)[C@H](CC(=O)O)NC(=O)CC[C@H](NC(=O)c1ccc(NCc2cnc3nc(N)[nH]c(=O)c3n2)cc1)C(=O)O)C(=O)O. The van der Waals surface area contributed by atoms with Crippen LogP contribution in [-0.2, 0) is 54.1 Å². The lowest BCUT2D eigenvalue weighted by atomic mass is 9.80. The zero-order valence-electron chi connectivity index (χ0n) is 65.9. The number of likely N-dealkylation sites (tertiary alicyclic amines) is 1. The molecule has 8 aromatic rings. The lowest BCUT2D eigenvalue weighted by Crippen LogP contribution is -2.58. The minimum absolute atomic E-state index is 0.000525. The molecule has 8 amide bonds. The predicted molar refractivity (Wildman–Crippen MR) is 452 cm³/mol. The summed E-state index contributed by atoms with van der Waals surface area (Å²) in [7, 11) is 0.287. The summed E-state index contributed by atoms with van der Waals surface area (Å²) >= 11 is 6.58. The van der Waals surface area contributed by atoms with E-state index in [9.17, 15) is 82.8 Å². The fourth-order valence-electron chi connectivity index (χ4n) is 12.7. The molecule has 632 valence electrons. The third kappa shape index (κ3) is 24.4. The quantitative estimate of drug-likeness (QED) is 0.00486. The number of fused-ring (bicyclic) bond motifs is 6.